The van der Waals surface area contributed by atoms with Gasteiger partial charge in [0.25, 0.3) is 11.5 Å². The minimum Gasteiger partial charge on any atom is -0.494 e. The van der Waals surface area contributed by atoms with E-state index in [1.807, 2.05) is 0 Å². The number of Topliss-reactive ketones (excluding diaryl/α,β-unsaturated/α-hetero) is 1. The van der Waals surface area contributed by atoms with Gasteiger partial charge >= 0.3 is 0 Å². The van der Waals surface area contributed by atoms with Gasteiger partial charge < -0.3 is 5.11 Å². The molecule has 1 aliphatic heterocycles. The standard InChI is InChI=1S/C26H17ClFN3O4S2/c1-14-18(11-29)23(33)30(12-16-4-2-3-5-19(16)27)25(35)22(14)20(32)13-31-24(34)21(37-26(31)36)10-15-6-8-17(28)9-7-15/h2-10,35H,12-13H2,1H3/b21-10-. The number of aromatic hydroxyl groups is 1. The van der Waals surface area contributed by atoms with E-state index < -0.39 is 35.5 Å². The highest BCUT2D eigenvalue weighted by molar-refractivity contribution is 8.26. The minimum atomic E-state index is -0.776. The molecule has 11 heteroatoms. The number of nitrogens with zero attached hydrogens (tertiary/aromatic N) is 3. The number of benzene rings is 2. The predicted octanol–water partition coefficient (Wildman–Crippen LogP) is 4.66. The van der Waals surface area contributed by atoms with Gasteiger partial charge in [-0.25, -0.2) is 4.39 Å². The molecule has 37 heavy (non-hydrogen) atoms. The maximum absolute atomic E-state index is 13.4. The smallest absolute Gasteiger partial charge is 0.271 e. The van der Waals surface area contributed by atoms with E-state index in [0.717, 1.165) is 21.2 Å². The first-order valence-electron chi connectivity index (χ1n) is 10.8. The molecule has 7 nitrogen and oxygen atoms in total. The number of amides is 1. The number of thioether (sulfide) groups is 1. The summed E-state index contributed by atoms with van der Waals surface area (Å²) in [4.78, 5) is 40.6. The van der Waals surface area contributed by atoms with Crippen LogP contribution in [-0.4, -0.2) is 37.1 Å². The lowest BCUT2D eigenvalue weighted by molar-refractivity contribution is -0.121. The number of pyridine rings is 1. The van der Waals surface area contributed by atoms with Gasteiger partial charge in [-0.3, -0.25) is 23.9 Å². The zero-order valence-electron chi connectivity index (χ0n) is 19.2. The number of carbonyl (C=O) groups is 2. The van der Waals surface area contributed by atoms with Crippen LogP contribution in [0.5, 0.6) is 5.88 Å². The Balaban J connectivity index is 1.68. The number of thiocarbonyl (C=S) groups is 1. The highest BCUT2D eigenvalue weighted by atomic mass is 35.5. The third-order valence-electron chi connectivity index (χ3n) is 5.71. The summed E-state index contributed by atoms with van der Waals surface area (Å²) >= 11 is 12.5. The first-order valence-corrected chi connectivity index (χ1v) is 12.4. The van der Waals surface area contributed by atoms with Crippen molar-refractivity contribution in [1.29, 1.82) is 5.26 Å². The molecule has 1 fully saturated rings. The van der Waals surface area contributed by atoms with Gasteiger partial charge in [-0.15, -0.1) is 0 Å². The Bertz CT molecular complexity index is 1590. The molecule has 2 heterocycles. The minimum absolute atomic E-state index is 0.00213. The molecule has 0 radical (unpaired) electrons. The molecular formula is C26H17ClFN3O4S2. The van der Waals surface area contributed by atoms with Crippen molar-refractivity contribution in [2.24, 2.45) is 0 Å². The van der Waals surface area contributed by atoms with E-state index in [-0.39, 0.29) is 32.5 Å². The second kappa shape index (κ2) is 10.7. The number of hydrogen-bond acceptors (Lipinski definition) is 7. The van der Waals surface area contributed by atoms with Crippen molar-refractivity contribution >= 4 is 57.7 Å². The summed E-state index contributed by atoms with van der Waals surface area (Å²) in [5.41, 5.74) is -0.281. The number of ketones is 1. The fraction of sp³-hybridized carbons (Fsp3) is 0.115. The van der Waals surface area contributed by atoms with Crippen LogP contribution in [0.3, 0.4) is 0 Å². The highest BCUT2D eigenvalue weighted by Gasteiger charge is 2.35. The number of hydrogen-bond donors (Lipinski definition) is 1. The van der Waals surface area contributed by atoms with Gasteiger partial charge in [0, 0.05) is 5.02 Å². The highest BCUT2D eigenvalue weighted by Crippen LogP contribution is 2.33. The SMILES string of the molecule is Cc1c(C(=O)CN2C(=O)/C(=C/c3ccc(F)cc3)SC2=S)c(O)n(Cc2ccccc2Cl)c(=O)c1C#N. The molecule has 1 saturated heterocycles. The molecule has 2 aromatic carbocycles. The average Bonchev–Trinajstić information content (AvgIpc) is 3.12. The largest absolute Gasteiger partial charge is 0.494 e. The zero-order chi connectivity index (χ0) is 26.9. The number of aromatic nitrogens is 1. The second-order valence-corrected chi connectivity index (χ2v) is 10.1. The Morgan fingerprint density at radius 2 is 1.89 bits per heavy atom. The summed E-state index contributed by atoms with van der Waals surface area (Å²) < 4.78 is 14.2. The second-order valence-electron chi connectivity index (χ2n) is 8.04. The maximum Gasteiger partial charge on any atom is 0.271 e. The van der Waals surface area contributed by atoms with E-state index in [1.165, 1.54) is 37.3 Å². The number of carbonyl (C=O) groups excluding carboxylic acids is 2. The van der Waals surface area contributed by atoms with Crippen LogP contribution in [0.15, 0.2) is 58.2 Å². The summed E-state index contributed by atoms with van der Waals surface area (Å²) in [5.74, 6) is -2.30. The maximum atomic E-state index is 13.4. The molecule has 0 unspecified atom stereocenters. The number of rotatable bonds is 6. The normalized spacial score (nSPS) is 14.3. The van der Waals surface area contributed by atoms with Crippen molar-refractivity contribution in [3.8, 4) is 11.9 Å². The molecule has 1 N–H and O–H groups in total. The van der Waals surface area contributed by atoms with Crippen molar-refractivity contribution in [2.45, 2.75) is 13.5 Å². The fourth-order valence-corrected chi connectivity index (χ4v) is 5.25. The molecule has 3 aromatic rings. The van der Waals surface area contributed by atoms with E-state index in [4.69, 9.17) is 23.8 Å². The quantitative estimate of drug-likeness (QED) is 0.269. The van der Waals surface area contributed by atoms with Crippen molar-refractivity contribution < 1.29 is 19.1 Å². The monoisotopic (exact) mass is 553 g/mol. The van der Waals surface area contributed by atoms with Gasteiger partial charge in [-0.1, -0.05) is 65.9 Å². The van der Waals surface area contributed by atoms with Gasteiger partial charge in [0.15, 0.2) is 5.78 Å². The van der Waals surface area contributed by atoms with E-state index in [0.29, 0.717) is 16.1 Å². The Morgan fingerprint density at radius 1 is 1.22 bits per heavy atom. The van der Waals surface area contributed by atoms with Crippen molar-refractivity contribution in [3.63, 3.8) is 0 Å². The lowest BCUT2D eigenvalue weighted by atomic mass is 10.0. The molecule has 0 aliphatic carbocycles. The predicted molar refractivity (Wildman–Crippen MR) is 143 cm³/mol. The molecule has 0 bridgehead atoms. The Labute approximate surface area is 225 Å². The van der Waals surface area contributed by atoms with E-state index in [2.05, 4.69) is 0 Å². The molecule has 0 saturated carbocycles. The topological polar surface area (TPSA) is 103 Å². The van der Waals surface area contributed by atoms with Crippen LogP contribution >= 0.6 is 35.6 Å². The lowest BCUT2D eigenvalue weighted by Crippen LogP contribution is -2.35. The van der Waals surface area contributed by atoms with E-state index in [9.17, 15) is 29.1 Å². The molecule has 0 atom stereocenters. The van der Waals surface area contributed by atoms with Crippen LogP contribution in [0.4, 0.5) is 4.39 Å². The number of halogens is 2. The molecule has 1 aliphatic rings. The third kappa shape index (κ3) is 5.20. The van der Waals surface area contributed by atoms with Gasteiger partial charge in [0.1, 0.15) is 21.8 Å². The summed E-state index contributed by atoms with van der Waals surface area (Å²) in [6.45, 7) is 0.682. The first kappa shape index (κ1) is 26.3. The molecule has 4 rings (SSSR count). The Morgan fingerprint density at radius 3 is 2.54 bits per heavy atom. The molecular weight excluding hydrogens is 537 g/mol. The van der Waals surface area contributed by atoms with E-state index >= 15 is 0 Å². The molecule has 0 spiro atoms. The van der Waals surface area contributed by atoms with Crippen molar-refractivity contribution in [2.75, 3.05) is 6.54 Å². The Kier molecular flexibility index (Phi) is 7.59. The van der Waals surface area contributed by atoms with Crippen molar-refractivity contribution in [3.05, 3.63) is 102 Å². The summed E-state index contributed by atoms with van der Waals surface area (Å²) in [5, 5.41) is 20.9. The van der Waals surface area contributed by atoms with Gasteiger partial charge in [0.2, 0.25) is 5.88 Å². The zero-order valence-corrected chi connectivity index (χ0v) is 21.6. The van der Waals surface area contributed by atoms with Gasteiger partial charge in [0.05, 0.1) is 23.6 Å². The van der Waals surface area contributed by atoms with Gasteiger partial charge in [-0.05, 0) is 47.9 Å². The van der Waals surface area contributed by atoms with Crippen LogP contribution in [0.2, 0.25) is 5.02 Å². The first-order chi connectivity index (χ1) is 17.6. The van der Waals surface area contributed by atoms with Crippen LogP contribution in [0.25, 0.3) is 6.08 Å². The van der Waals surface area contributed by atoms with Crippen LogP contribution < -0.4 is 5.56 Å². The Hall–Kier alpha value is -3.78. The van der Waals surface area contributed by atoms with Crippen LogP contribution in [0.1, 0.15) is 32.6 Å². The van der Waals surface area contributed by atoms with Crippen LogP contribution in [-0.2, 0) is 11.3 Å². The molecule has 1 aromatic heterocycles. The van der Waals surface area contributed by atoms with Crippen molar-refractivity contribution in [1.82, 2.24) is 9.47 Å². The molecule has 1 amide bonds. The summed E-state index contributed by atoms with van der Waals surface area (Å²) in [7, 11) is 0. The lowest BCUT2D eigenvalue weighted by Gasteiger charge is -2.18. The van der Waals surface area contributed by atoms with E-state index in [1.54, 1.807) is 30.3 Å². The summed E-state index contributed by atoms with van der Waals surface area (Å²) in [6.07, 6.45) is 1.53. The summed E-state index contributed by atoms with van der Waals surface area (Å²) in [6, 6.07) is 14.0. The van der Waals surface area contributed by atoms with Gasteiger partial charge in [-0.2, -0.15) is 5.26 Å². The van der Waals surface area contributed by atoms with Crippen LogP contribution in [0, 0.1) is 24.1 Å². The molecule has 186 valence electrons. The average molecular weight is 554 g/mol. The fourth-order valence-electron chi connectivity index (χ4n) is 3.80. The number of nitriles is 1. The third-order valence-corrected chi connectivity index (χ3v) is 7.45.